The highest BCUT2D eigenvalue weighted by Gasteiger charge is 2.20. The molecule has 28 heavy (non-hydrogen) atoms. The Morgan fingerprint density at radius 3 is 2.39 bits per heavy atom. The van der Waals surface area contributed by atoms with Gasteiger partial charge in [-0.3, -0.25) is 0 Å². The van der Waals surface area contributed by atoms with E-state index in [1.165, 1.54) is 48.4 Å². The van der Waals surface area contributed by atoms with Crippen molar-refractivity contribution >= 4 is 27.5 Å². The number of hydrogen-bond acceptors (Lipinski definition) is 3. The summed E-state index contributed by atoms with van der Waals surface area (Å²) >= 11 is 0. The van der Waals surface area contributed by atoms with Crippen molar-refractivity contribution in [2.24, 2.45) is 0 Å². The largest absolute Gasteiger partial charge is 0.365 e. The van der Waals surface area contributed by atoms with Crippen LogP contribution in [0.4, 0.5) is 5.82 Å². The number of para-hydroxylation sites is 1. The summed E-state index contributed by atoms with van der Waals surface area (Å²) in [5, 5.41) is 7.29. The first-order valence-corrected chi connectivity index (χ1v) is 10.4. The van der Waals surface area contributed by atoms with Gasteiger partial charge in [0.25, 0.3) is 0 Å². The van der Waals surface area contributed by atoms with E-state index in [-0.39, 0.29) is 0 Å². The second-order valence-electron chi connectivity index (χ2n) is 7.77. The Balaban J connectivity index is 1.50. The third kappa shape index (κ3) is 3.33. The van der Waals surface area contributed by atoms with E-state index in [0.717, 1.165) is 29.1 Å². The van der Waals surface area contributed by atoms with Crippen LogP contribution in [0, 0.1) is 0 Å². The Hall–Kier alpha value is -2.94. The second kappa shape index (κ2) is 7.59. The highest BCUT2D eigenvalue weighted by Crippen LogP contribution is 2.33. The maximum atomic E-state index is 5.00. The Morgan fingerprint density at radius 2 is 1.50 bits per heavy atom. The molecule has 1 aliphatic carbocycles. The average molecular weight is 367 g/mol. The van der Waals surface area contributed by atoms with Gasteiger partial charge in [-0.15, -0.1) is 0 Å². The lowest BCUT2D eigenvalue weighted by Crippen LogP contribution is -2.11. The fraction of sp³-hybridized carbons (Fsp3) is 0.280. The number of benzene rings is 3. The molecule has 0 bridgehead atoms. The van der Waals surface area contributed by atoms with Crippen molar-refractivity contribution in [3.8, 4) is 0 Å². The predicted octanol–water partition coefficient (Wildman–Crippen LogP) is 6.44. The summed E-state index contributed by atoms with van der Waals surface area (Å²) in [5.41, 5.74) is 2.33. The smallest absolute Gasteiger partial charge is 0.137 e. The molecule has 1 aromatic heterocycles. The lowest BCUT2D eigenvalue weighted by atomic mass is 9.88. The molecule has 0 aliphatic heterocycles. The van der Waals surface area contributed by atoms with E-state index in [1.54, 1.807) is 0 Å². The summed E-state index contributed by atoms with van der Waals surface area (Å²) in [5.74, 6) is 2.47. The van der Waals surface area contributed by atoms with Gasteiger partial charge in [0.1, 0.15) is 11.6 Å². The molecule has 1 heterocycles. The normalized spacial score (nSPS) is 15.1. The molecule has 1 saturated carbocycles. The third-order valence-electron chi connectivity index (χ3n) is 5.92. The first kappa shape index (κ1) is 17.2. The number of rotatable bonds is 4. The van der Waals surface area contributed by atoms with Crippen LogP contribution in [0.5, 0.6) is 0 Å². The molecule has 3 nitrogen and oxygen atoms in total. The standard InChI is InChI=1S/C25H25N3/c1-2-10-19(11-3-1)24-27-23-16-7-6-15-22(23)25(28-24)26-17-20-13-8-12-18-9-4-5-14-21(18)20/h4-9,12-16,19H,1-3,10-11,17H2,(H,26,27,28). The van der Waals surface area contributed by atoms with E-state index < -0.39 is 0 Å². The maximum Gasteiger partial charge on any atom is 0.137 e. The molecule has 1 fully saturated rings. The Kier molecular flexibility index (Phi) is 4.66. The van der Waals surface area contributed by atoms with Crippen molar-refractivity contribution in [2.75, 3.05) is 5.32 Å². The van der Waals surface area contributed by atoms with Crippen LogP contribution < -0.4 is 5.32 Å². The summed E-state index contributed by atoms with van der Waals surface area (Å²) < 4.78 is 0. The van der Waals surface area contributed by atoms with Crippen molar-refractivity contribution < 1.29 is 0 Å². The van der Waals surface area contributed by atoms with Crippen LogP contribution in [0.1, 0.15) is 49.4 Å². The maximum absolute atomic E-state index is 5.00. The predicted molar refractivity (Wildman–Crippen MR) is 117 cm³/mol. The summed E-state index contributed by atoms with van der Waals surface area (Å²) in [7, 11) is 0. The fourth-order valence-electron chi connectivity index (χ4n) is 4.40. The zero-order chi connectivity index (χ0) is 18.8. The molecule has 1 aliphatic rings. The van der Waals surface area contributed by atoms with Crippen LogP contribution in [0.3, 0.4) is 0 Å². The quantitative estimate of drug-likeness (QED) is 0.451. The number of nitrogens with zero attached hydrogens (tertiary/aromatic N) is 2. The number of anilines is 1. The molecule has 3 aromatic carbocycles. The summed E-state index contributed by atoms with van der Waals surface area (Å²) in [6.45, 7) is 0.756. The SMILES string of the molecule is c1ccc2c(CNc3nc(C4CCCCC4)nc4ccccc34)cccc2c1. The highest BCUT2D eigenvalue weighted by molar-refractivity contribution is 5.90. The van der Waals surface area contributed by atoms with Gasteiger partial charge in [-0.2, -0.15) is 0 Å². The molecular formula is C25H25N3. The van der Waals surface area contributed by atoms with Gasteiger partial charge in [-0.1, -0.05) is 73.9 Å². The number of nitrogens with one attached hydrogen (secondary N) is 1. The molecule has 0 unspecified atom stereocenters. The van der Waals surface area contributed by atoms with Gasteiger partial charge in [0.15, 0.2) is 0 Å². The zero-order valence-corrected chi connectivity index (χ0v) is 16.1. The molecule has 0 radical (unpaired) electrons. The first-order valence-electron chi connectivity index (χ1n) is 10.4. The van der Waals surface area contributed by atoms with Crippen molar-refractivity contribution in [3.63, 3.8) is 0 Å². The van der Waals surface area contributed by atoms with E-state index in [9.17, 15) is 0 Å². The Morgan fingerprint density at radius 1 is 0.750 bits per heavy atom. The van der Waals surface area contributed by atoms with E-state index >= 15 is 0 Å². The van der Waals surface area contributed by atoms with Crippen LogP contribution in [0.25, 0.3) is 21.7 Å². The van der Waals surface area contributed by atoms with E-state index in [2.05, 4.69) is 72.0 Å². The second-order valence-corrected chi connectivity index (χ2v) is 7.77. The molecule has 0 spiro atoms. The van der Waals surface area contributed by atoms with Gasteiger partial charge >= 0.3 is 0 Å². The van der Waals surface area contributed by atoms with Gasteiger partial charge in [-0.05, 0) is 41.3 Å². The molecule has 3 heteroatoms. The minimum absolute atomic E-state index is 0.497. The van der Waals surface area contributed by atoms with Crippen molar-refractivity contribution in [1.82, 2.24) is 9.97 Å². The molecule has 5 rings (SSSR count). The number of aromatic nitrogens is 2. The number of fused-ring (bicyclic) bond motifs is 2. The lowest BCUT2D eigenvalue weighted by molar-refractivity contribution is 0.430. The van der Waals surface area contributed by atoms with Gasteiger partial charge in [0.05, 0.1) is 5.52 Å². The number of hydrogen-bond donors (Lipinski definition) is 1. The van der Waals surface area contributed by atoms with Gasteiger partial charge in [0, 0.05) is 17.8 Å². The molecule has 0 atom stereocenters. The lowest BCUT2D eigenvalue weighted by Gasteiger charge is -2.21. The van der Waals surface area contributed by atoms with Crippen LogP contribution in [0.15, 0.2) is 66.7 Å². The molecule has 1 N–H and O–H groups in total. The van der Waals surface area contributed by atoms with E-state index in [1.807, 2.05) is 0 Å². The zero-order valence-electron chi connectivity index (χ0n) is 16.1. The molecule has 140 valence electrons. The monoisotopic (exact) mass is 367 g/mol. The molecule has 4 aromatic rings. The van der Waals surface area contributed by atoms with Crippen molar-refractivity contribution in [1.29, 1.82) is 0 Å². The van der Waals surface area contributed by atoms with Gasteiger partial charge in [0.2, 0.25) is 0 Å². The summed E-state index contributed by atoms with van der Waals surface area (Å²) in [4.78, 5) is 9.91. The van der Waals surface area contributed by atoms with Crippen LogP contribution >= 0.6 is 0 Å². The third-order valence-corrected chi connectivity index (χ3v) is 5.92. The fourth-order valence-corrected chi connectivity index (χ4v) is 4.40. The van der Waals surface area contributed by atoms with Crippen LogP contribution in [0.2, 0.25) is 0 Å². The van der Waals surface area contributed by atoms with E-state index in [0.29, 0.717) is 5.92 Å². The highest BCUT2D eigenvalue weighted by atomic mass is 15.0. The Labute approximate surface area is 165 Å². The minimum atomic E-state index is 0.497. The molecule has 0 saturated heterocycles. The molecule has 0 amide bonds. The van der Waals surface area contributed by atoms with Crippen LogP contribution in [-0.2, 0) is 6.54 Å². The Bertz CT molecular complexity index is 1110. The summed E-state index contributed by atoms with van der Waals surface area (Å²) in [6, 6.07) is 23.4. The van der Waals surface area contributed by atoms with E-state index in [4.69, 9.17) is 9.97 Å². The topological polar surface area (TPSA) is 37.8 Å². The minimum Gasteiger partial charge on any atom is -0.365 e. The molecular weight excluding hydrogens is 342 g/mol. The van der Waals surface area contributed by atoms with Crippen molar-refractivity contribution in [2.45, 2.75) is 44.6 Å². The average Bonchev–Trinajstić information content (AvgIpc) is 2.78. The summed E-state index contributed by atoms with van der Waals surface area (Å²) in [6.07, 6.45) is 6.34. The van der Waals surface area contributed by atoms with Crippen molar-refractivity contribution in [3.05, 3.63) is 78.1 Å². The first-order chi connectivity index (χ1) is 13.9. The van der Waals surface area contributed by atoms with Gasteiger partial charge < -0.3 is 5.32 Å². The van der Waals surface area contributed by atoms with Gasteiger partial charge in [-0.25, -0.2) is 9.97 Å². The van der Waals surface area contributed by atoms with Crippen LogP contribution in [-0.4, -0.2) is 9.97 Å².